The molecule has 0 radical (unpaired) electrons. The van der Waals surface area contributed by atoms with Crippen molar-refractivity contribution in [3.05, 3.63) is 4.88 Å². The van der Waals surface area contributed by atoms with Gasteiger partial charge in [0.1, 0.15) is 10.7 Å². The summed E-state index contributed by atoms with van der Waals surface area (Å²) in [4.78, 5) is 18.3. The Morgan fingerprint density at radius 2 is 2.25 bits per heavy atom. The third kappa shape index (κ3) is 2.85. The summed E-state index contributed by atoms with van der Waals surface area (Å²) < 4.78 is 0. The topological polar surface area (TPSA) is 71.2 Å². The molecular formula is C10H18N4OS. The standard InChI is InChI=1S/C10H18N4OS/c1-4-6-12-9(15)7-8(11)13-10(16-7)14(3)5-2/h4-6,11H2,1-3H3,(H,12,15). The van der Waals surface area contributed by atoms with Gasteiger partial charge in [0.2, 0.25) is 0 Å². The summed E-state index contributed by atoms with van der Waals surface area (Å²) in [7, 11) is 1.92. The molecule has 16 heavy (non-hydrogen) atoms. The molecule has 6 heteroatoms. The lowest BCUT2D eigenvalue weighted by Gasteiger charge is -2.10. The van der Waals surface area contributed by atoms with Crippen LogP contribution in [0.2, 0.25) is 0 Å². The molecule has 0 bridgehead atoms. The highest BCUT2D eigenvalue weighted by molar-refractivity contribution is 7.18. The number of nitrogens with one attached hydrogen (secondary N) is 1. The molecule has 3 N–H and O–H groups in total. The number of nitrogen functional groups attached to an aromatic ring is 1. The van der Waals surface area contributed by atoms with E-state index in [1.54, 1.807) is 0 Å². The van der Waals surface area contributed by atoms with Crippen molar-refractivity contribution >= 4 is 28.2 Å². The van der Waals surface area contributed by atoms with Crippen LogP contribution in [0.25, 0.3) is 0 Å². The average molecular weight is 242 g/mol. The molecule has 0 aliphatic rings. The van der Waals surface area contributed by atoms with Crippen LogP contribution in [0.4, 0.5) is 10.9 Å². The number of rotatable bonds is 5. The van der Waals surface area contributed by atoms with Crippen molar-refractivity contribution in [1.82, 2.24) is 10.3 Å². The zero-order chi connectivity index (χ0) is 12.1. The van der Waals surface area contributed by atoms with Gasteiger partial charge in [0.05, 0.1) is 0 Å². The van der Waals surface area contributed by atoms with Crippen molar-refractivity contribution in [3.8, 4) is 0 Å². The van der Waals surface area contributed by atoms with Gasteiger partial charge in [0, 0.05) is 20.1 Å². The van der Waals surface area contributed by atoms with Gasteiger partial charge in [-0.25, -0.2) is 4.98 Å². The SMILES string of the molecule is CCCNC(=O)c1sc(N(C)CC)nc1N. The Bertz CT molecular complexity index is 364. The normalized spacial score (nSPS) is 10.2. The van der Waals surface area contributed by atoms with Crippen LogP contribution in [0.15, 0.2) is 0 Å². The minimum absolute atomic E-state index is 0.132. The van der Waals surface area contributed by atoms with Gasteiger partial charge in [0.25, 0.3) is 5.91 Å². The van der Waals surface area contributed by atoms with E-state index in [1.807, 2.05) is 25.8 Å². The van der Waals surface area contributed by atoms with Crippen molar-refractivity contribution in [1.29, 1.82) is 0 Å². The number of nitrogens with zero attached hydrogens (tertiary/aromatic N) is 2. The summed E-state index contributed by atoms with van der Waals surface area (Å²) in [5, 5.41) is 3.57. The van der Waals surface area contributed by atoms with E-state index in [2.05, 4.69) is 10.3 Å². The predicted octanol–water partition coefficient (Wildman–Crippen LogP) is 1.32. The molecule has 1 heterocycles. The molecule has 0 aromatic carbocycles. The first kappa shape index (κ1) is 12.8. The van der Waals surface area contributed by atoms with Crippen LogP contribution in [0.5, 0.6) is 0 Å². The Hall–Kier alpha value is -1.30. The second kappa shape index (κ2) is 5.69. The minimum Gasteiger partial charge on any atom is -0.382 e. The Morgan fingerprint density at radius 1 is 1.56 bits per heavy atom. The molecule has 0 aliphatic carbocycles. The van der Waals surface area contributed by atoms with Crippen LogP contribution in [0, 0.1) is 0 Å². The Morgan fingerprint density at radius 3 is 2.81 bits per heavy atom. The number of carbonyl (C=O) groups is 1. The summed E-state index contributed by atoms with van der Waals surface area (Å²) in [5.74, 6) is 0.182. The molecule has 1 aromatic rings. The fraction of sp³-hybridized carbons (Fsp3) is 0.600. The van der Waals surface area contributed by atoms with E-state index in [0.717, 1.165) is 18.1 Å². The van der Waals surface area contributed by atoms with Gasteiger partial charge < -0.3 is 16.0 Å². The number of thiazole rings is 1. The lowest BCUT2D eigenvalue weighted by atomic mass is 10.4. The summed E-state index contributed by atoms with van der Waals surface area (Å²) in [6, 6.07) is 0. The molecule has 0 atom stereocenters. The van der Waals surface area contributed by atoms with Crippen molar-refractivity contribution in [2.24, 2.45) is 0 Å². The zero-order valence-corrected chi connectivity index (χ0v) is 10.7. The van der Waals surface area contributed by atoms with Crippen LogP contribution in [0.1, 0.15) is 29.9 Å². The highest BCUT2D eigenvalue weighted by Gasteiger charge is 2.16. The Kier molecular flexibility index (Phi) is 4.54. The molecule has 0 spiro atoms. The highest BCUT2D eigenvalue weighted by Crippen LogP contribution is 2.26. The largest absolute Gasteiger partial charge is 0.382 e. The molecule has 1 rings (SSSR count). The third-order valence-electron chi connectivity index (χ3n) is 2.18. The fourth-order valence-corrected chi connectivity index (χ4v) is 2.03. The first-order valence-corrected chi connectivity index (χ1v) is 6.17. The van der Waals surface area contributed by atoms with E-state index >= 15 is 0 Å². The number of aromatic nitrogens is 1. The average Bonchev–Trinajstić information content (AvgIpc) is 2.67. The smallest absolute Gasteiger partial charge is 0.265 e. The Balaban J connectivity index is 2.80. The van der Waals surface area contributed by atoms with Crippen LogP contribution in [-0.2, 0) is 0 Å². The molecule has 90 valence electrons. The number of nitrogens with two attached hydrogens (primary N) is 1. The summed E-state index contributed by atoms with van der Waals surface area (Å²) in [5.41, 5.74) is 5.72. The third-order valence-corrected chi connectivity index (χ3v) is 3.37. The number of anilines is 2. The van der Waals surface area contributed by atoms with E-state index in [4.69, 9.17) is 5.73 Å². The van der Waals surface area contributed by atoms with Gasteiger partial charge in [-0.1, -0.05) is 18.3 Å². The second-order valence-electron chi connectivity index (χ2n) is 3.48. The van der Waals surface area contributed by atoms with Gasteiger partial charge in [-0.15, -0.1) is 0 Å². The number of hydrogen-bond donors (Lipinski definition) is 2. The van der Waals surface area contributed by atoms with Gasteiger partial charge >= 0.3 is 0 Å². The maximum Gasteiger partial charge on any atom is 0.265 e. The number of carbonyl (C=O) groups excluding carboxylic acids is 1. The number of amides is 1. The van der Waals surface area contributed by atoms with E-state index in [0.29, 0.717) is 17.2 Å². The van der Waals surface area contributed by atoms with Gasteiger partial charge in [-0.05, 0) is 13.3 Å². The van der Waals surface area contributed by atoms with E-state index in [1.165, 1.54) is 11.3 Å². The van der Waals surface area contributed by atoms with Crippen LogP contribution >= 0.6 is 11.3 Å². The molecule has 0 saturated carbocycles. The molecular weight excluding hydrogens is 224 g/mol. The fourth-order valence-electron chi connectivity index (χ4n) is 1.10. The molecule has 0 aliphatic heterocycles. The van der Waals surface area contributed by atoms with Crippen molar-refractivity contribution in [2.75, 3.05) is 30.8 Å². The molecule has 0 unspecified atom stereocenters. The minimum atomic E-state index is -0.132. The second-order valence-corrected chi connectivity index (χ2v) is 4.46. The van der Waals surface area contributed by atoms with Gasteiger partial charge in [-0.3, -0.25) is 4.79 Å². The quantitative estimate of drug-likeness (QED) is 0.817. The molecule has 0 fully saturated rings. The lowest BCUT2D eigenvalue weighted by molar-refractivity contribution is 0.0958. The zero-order valence-electron chi connectivity index (χ0n) is 9.91. The molecule has 1 amide bonds. The molecule has 0 saturated heterocycles. The van der Waals surface area contributed by atoms with Crippen molar-refractivity contribution in [2.45, 2.75) is 20.3 Å². The number of hydrogen-bond acceptors (Lipinski definition) is 5. The van der Waals surface area contributed by atoms with E-state index in [9.17, 15) is 4.79 Å². The van der Waals surface area contributed by atoms with Crippen LogP contribution in [0.3, 0.4) is 0 Å². The summed E-state index contributed by atoms with van der Waals surface area (Å²) in [6.45, 7) is 5.53. The highest BCUT2D eigenvalue weighted by atomic mass is 32.1. The van der Waals surface area contributed by atoms with Gasteiger partial charge in [0.15, 0.2) is 5.13 Å². The van der Waals surface area contributed by atoms with E-state index < -0.39 is 0 Å². The lowest BCUT2D eigenvalue weighted by Crippen LogP contribution is -2.23. The van der Waals surface area contributed by atoms with Crippen LogP contribution < -0.4 is 16.0 Å². The summed E-state index contributed by atoms with van der Waals surface area (Å²) in [6.07, 6.45) is 0.909. The monoisotopic (exact) mass is 242 g/mol. The Labute approximate surface area is 99.7 Å². The van der Waals surface area contributed by atoms with Crippen molar-refractivity contribution < 1.29 is 4.79 Å². The maximum atomic E-state index is 11.7. The first-order valence-electron chi connectivity index (χ1n) is 5.35. The first-order chi connectivity index (χ1) is 7.60. The van der Waals surface area contributed by atoms with Crippen LogP contribution in [-0.4, -0.2) is 31.0 Å². The molecule has 5 nitrogen and oxygen atoms in total. The predicted molar refractivity (Wildman–Crippen MR) is 68.1 cm³/mol. The van der Waals surface area contributed by atoms with Gasteiger partial charge in [-0.2, -0.15) is 0 Å². The summed E-state index contributed by atoms with van der Waals surface area (Å²) >= 11 is 1.33. The molecule has 1 aromatic heterocycles. The maximum absolute atomic E-state index is 11.7. The van der Waals surface area contributed by atoms with Crippen molar-refractivity contribution in [3.63, 3.8) is 0 Å². The van der Waals surface area contributed by atoms with E-state index in [-0.39, 0.29) is 5.91 Å².